The topological polar surface area (TPSA) is 17.8 Å². The molecule has 2 nitrogen and oxygen atoms in total. The van der Waals surface area contributed by atoms with Gasteiger partial charge >= 0.3 is 0 Å². The molecular weight excluding hydrogens is 132 g/mol. The van der Waals surface area contributed by atoms with Gasteiger partial charge in [-0.1, -0.05) is 12.2 Å². The SMILES string of the molecule is Cc1ccc(=S)n(C)n1. The van der Waals surface area contributed by atoms with Crippen molar-refractivity contribution < 1.29 is 0 Å². The number of hydrogen-bond acceptors (Lipinski definition) is 2. The van der Waals surface area contributed by atoms with Crippen LogP contribution < -0.4 is 0 Å². The van der Waals surface area contributed by atoms with E-state index in [0.29, 0.717) is 0 Å². The van der Waals surface area contributed by atoms with Gasteiger partial charge in [0, 0.05) is 7.05 Å². The van der Waals surface area contributed by atoms with Crippen LogP contribution >= 0.6 is 12.2 Å². The fourth-order valence-corrected chi connectivity index (χ4v) is 0.728. The molecule has 3 heteroatoms. The summed E-state index contributed by atoms with van der Waals surface area (Å²) in [7, 11) is 1.84. The highest BCUT2D eigenvalue weighted by Gasteiger charge is 1.84. The summed E-state index contributed by atoms with van der Waals surface area (Å²) in [5, 5.41) is 4.09. The van der Waals surface area contributed by atoms with E-state index in [9.17, 15) is 0 Å². The van der Waals surface area contributed by atoms with Crippen LogP contribution in [0.1, 0.15) is 5.69 Å². The summed E-state index contributed by atoms with van der Waals surface area (Å²) in [5.74, 6) is 0. The minimum absolute atomic E-state index is 0.764. The Morgan fingerprint density at radius 3 is 2.67 bits per heavy atom. The highest BCUT2D eigenvalue weighted by molar-refractivity contribution is 7.71. The maximum atomic E-state index is 4.91. The molecule has 1 aromatic rings. The molecule has 48 valence electrons. The maximum absolute atomic E-state index is 4.91. The van der Waals surface area contributed by atoms with Gasteiger partial charge in [0.1, 0.15) is 4.64 Å². The average Bonchev–Trinajstić information content (AvgIpc) is 1.80. The normalized spacial score (nSPS) is 9.56. The van der Waals surface area contributed by atoms with Crippen LogP contribution in [-0.2, 0) is 7.05 Å². The summed E-state index contributed by atoms with van der Waals surface area (Å²) in [4.78, 5) is 0. The fraction of sp³-hybridized carbons (Fsp3) is 0.333. The quantitative estimate of drug-likeness (QED) is 0.508. The lowest BCUT2D eigenvalue weighted by Gasteiger charge is -1.95. The minimum atomic E-state index is 0.764. The summed E-state index contributed by atoms with van der Waals surface area (Å²) in [6.45, 7) is 1.94. The molecule has 0 aliphatic rings. The monoisotopic (exact) mass is 140 g/mol. The lowest BCUT2D eigenvalue weighted by Crippen LogP contribution is -1.98. The molecule has 0 fully saturated rings. The van der Waals surface area contributed by atoms with Crippen LogP contribution in [0.5, 0.6) is 0 Å². The van der Waals surface area contributed by atoms with Crippen molar-refractivity contribution in [2.45, 2.75) is 6.92 Å². The van der Waals surface area contributed by atoms with E-state index in [0.717, 1.165) is 10.3 Å². The molecule has 1 rings (SSSR count). The first-order valence-electron chi connectivity index (χ1n) is 2.71. The van der Waals surface area contributed by atoms with Crippen LogP contribution in [0.15, 0.2) is 12.1 Å². The van der Waals surface area contributed by atoms with Crippen molar-refractivity contribution in [1.82, 2.24) is 9.78 Å². The maximum Gasteiger partial charge on any atom is 0.122 e. The molecular formula is C6H8N2S. The van der Waals surface area contributed by atoms with Crippen molar-refractivity contribution in [3.63, 3.8) is 0 Å². The Morgan fingerprint density at radius 1 is 1.56 bits per heavy atom. The van der Waals surface area contributed by atoms with Gasteiger partial charge in [0.05, 0.1) is 5.69 Å². The number of nitrogens with zero attached hydrogens (tertiary/aromatic N) is 2. The zero-order chi connectivity index (χ0) is 6.85. The standard InChI is InChI=1S/C6H8N2S/c1-5-3-4-6(9)8(2)7-5/h3-4H,1-2H3. The molecule has 0 spiro atoms. The first kappa shape index (κ1) is 6.42. The summed E-state index contributed by atoms with van der Waals surface area (Å²) in [6, 6.07) is 3.78. The third kappa shape index (κ3) is 1.36. The first-order chi connectivity index (χ1) is 4.20. The molecule has 0 saturated carbocycles. The highest BCUT2D eigenvalue weighted by Crippen LogP contribution is 1.90. The third-order valence-electron chi connectivity index (χ3n) is 1.09. The predicted molar refractivity (Wildman–Crippen MR) is 38.8 cm³/mol. The van der Waals surface area contributed by atoms with Crippen LogP contribution in [0.3, 0.4) is 0 Å². The Kier molecular flexibility index (Phi) is 1.62. The molecule has 0 aliphatic carbocycles. The second-order valence-corrected chi connectivity index (χ2v) is 2.35. The third-order valence-corrected chi connectivity index (χ3v) is 1.49. The Balaban J connectivity index is 3.34. The van der Waals surface area contributed by atoms with E-state index in [-0.39, 0.29) is 0 Å². The van der Waals surface area contributed by atoms with Gasteiger partial charge in [-0.3, -0.25) is 4.68 Å². The van der Waals surface area contributed by atoms with Gasteiger partial charge < -0.3 is 0 Å². The molecule has 0 aromatic carbocycles. The summed E-state index contributed by atoms with van der Waals surface area (Å²) < 4.78 is 2.45. The zero-order valence-corrected chi connectivity index (χ0v) is 6.27. The van der Waals surface area contributed by atoms with Crippen molar-refractivity contribution in [3.8, 4) is 0 Å². The predicted octanol–water partition coefficient (Wildman–Crippen LogP) is 1.46. The van der Waals surface area contributed by atoms with Gasteiger partial charge in [0.2, 0.25) is 0 Å². The lowest BCUT2D eigenvalue weighted by atomic mass is 10.4. The van der Waals surface area contributed by atoms with E-state index in [4.69, 9.17) is 12.2 Å². The molecule has 0 amide bonds. The molecule has 0 atom stereocenters. The van der Waals surface area contributed by atoms with Crippen molar-refractivity contribution in [2.75, 3.05) is 0 Å². The van der Waals surface area contributed by atoms with Gasteiger partial charge in [0.25, 0.3) is 0 Å². The smallest absolute Gasteiger partial charge is 0.122 e. The van der Waals surface area contributed by atoms with Crippen molar-refractivity contribution >= 4 is 12.2 Å². The van der Waals surface area contributed by atoms with Crippen molar-refractivity contribution in [3.05, 3.63) is 22.5 Å². The summed E-state index contributed by atoms with van der Waals surface area (Å²) >= 11 is 4.91. The number of hydrogen-bond donors (Lipinski definition) is 0. The second-order valence-electron chi connectivity index (χ2n) is 1.94. The number of aryl methyl sites for hydroxylation is 2. The Labute approximate surface area is 59.1 Å². The van der Waals surface area contributed by atoms with Gasteiger partial charge in [-0.15, -0.1) is 0 Å². The Morgan fingerprint density at radius 2 is 2.22 bits per heavy atom. The fourth-order valence-electron chi connectivity index (χ4n) is 0.619. The molecule has 0 saturated heterocycles. The lowest BCUT2D eigenvalue weighted by molar-refractivity contribution is 0.711. The molecule has 1 heterocycles. The van der Waals surface area contributed by atoms with E-state index in [1.165, 1.54) is 0 Å². The molecule has 0 radical (unpaired) electrons. The second kappa shape index (κ2) is 2.27. The van der Waals surface area contributed by atoms with Gasteiger partial charge in [-0.25, -0.2) is 0 Å². The molecule has 1 aromatic heterocycles. The summed E-state index contributed by atoms with van der Waals surface area (Å²) in [5.41, 5.74) is 0.992. The molecule has 0 unspecified atom stereocenters. The van der Waals surface area contributed by atoms with Crippen LogP contribution in [0.2, 0.25) is 0 Å². The van der Waals surface area contributed by atoms with Crippen LogP contribution in [0, 0.1) is 11.6 Å². The van der Waals surface area contributed by atoms with E-state index in [1.807, 2.05) is 26.1 Å². The van der Waals surface area contributed by atoms with Gasteiger partial charge in [-0.2, -0.15) is 5.10 Å². The first-order valence-corrected chi connectivity index (χ1v) is 3.12. The average molecular weight is 140 g/mol. The van der Waals surface area contributed by atoms with Crippen LogP contribution in [0.25, 0.3) is 0 Å². The van der Waals surface area contributed by atoms with E-state index >= 15 is 0 Å². The molecule has 9 heavy (non-hydrogen) atoms. The number of aromatic nitrogens is 2. The van der Waals surface area contributed by atoms with E-state index in [1.54, 1.807) is 4.68 Å². The Hall–Kier alpha value is -0.700. The van der Waals surface area contributed by atoms with Crippen molar-refractivity contribution in [2.24, 2.45) is 7.05 Å². The van der Waals surface area contributed by atoms with E-state index < -0.39 is 0 Å². The number of rotatable bonds is 0. The summed E-state index contributed by atoms with van der Waals surface area (Å²) in [6.07, 6.45) is 0. The minimum Gasteiger partial charge on any atom is -0.257 e. The van der Waals surface area contributed by atoms with Crippen LogP contribution in [0.4, 0.5) is 0 Å². The highest BCUT2D eigenvalue weighted by atomic mass is 32.1. The molecule has 0 aliphatic heterocycles. The zero-order valence-electron chi connectivity index (χ0n) is 5.46. The van der Waals surface area contributed by atoms with E-state index in [2.05, 4.69) is 5.10 Å². The molecule has 0 N–H and O–H groups in total. The van der Waals surface area contributed by atoms with Crippen molar-refractivity contribution in [1.29, 1.82) is 0 Å². The van der Waals surface area contributed by atoms with Gasteiger partial charge in [0.15, 0.2) is 0 Å². The Bertz CT molecular complexity index is 264. The molecule has 0 bridgehead atoms. The largest absolute Gasteiger partial charge is 0.257 e. The van der Waals surface area contributed by atoms with Crippen LogP contribution in [-0.4, -0.2) is 9.78 Å². The van der Waals surface area contributed by atoms with Gasteiger partial charge in [-0.05, 0) is 19.1 Å².